The van der Waals surface area contributed by atoms with Crippen LogP contribution < -0.4 is 0 Å². The Morgan fingerprint density at radius 3 is 1.47 bits per heavy atom. The van der Waals surface area contributed by atoms with E-state index in [0.717, 1.165) is 24.8 Å². The van der Waals surface area contributed by atoms with Crippen molar-refractivity contribution in [2.75, 3.05) is 19.0 Å². The van der Waals surface area contributed by atoms with E-state index in [1.165, 1.54) is 122 Å². The number of ether oxygens (including phenoxy) is 2. The number of carbonyl (C=O) groups is 1. The normalized spacial score (nSPS) is 11.6. The highest BCUT2D eigenvalue weighted by Gasteiger charge is 2.08. The molecule has 1 unspecified atom stereocenters. The number of hydrogen-bond donors (Lipinski definition) is 0. The van der Waals surface area contributed by atoms with Crippen LogP contribution in [0.3, 0.4) is 0 Å². The molecule has 4 heteroatoms. The van der Waals surface area contributed by atoms with Crippen LogP contribution in [0.5, 0.6) is 0 Å². The van der Waals surface area contributed by atoms with E-state index in [4.69, 9.17) is 9.47 Å². The Morgan fingerprint density at radius 1 is 0.625 bits per heavy atom. The fraction of sp³-hybridized carbons (Fsp3) is 0.964. The molecular weight excluding hydrogens is 464 g/mol. The monoisotopic (exact) mass is 520 g/mol. The Hall–Kier alpha value is -0.0900. The molecule has 0 aromatic rings. The van der Waals surface area contributed by atoms with Crippen molar-refractivity contribution in [3.63, 3.8) is 0 Å². The van der Waals surface area contributed by atoms with Gasteiger partial charge in [-0.25, -0.2) is 0 Å². The molecule has 0 aromatic carbocycles. The van der Waals surface area contributed by atoms with E-state index in [0.29, 0.717) is 6.47 Å². The summed E-state index contributed by atoms with van der Waals surface area (Å²) in [6.07, 6.45) is 27.5. The molecule has 0 bridgehead atoms. The zero-order valence-electron chi connectivity index (χ0n) is 22.0. The summed E-state index contributed by atoms with van der Waals surface area (Å²) in [5, 5.41) is 1.16. The summed E-state index contributed by atoms with van der Waals surface area (Å²) in [6.45, 7) is 6.05. The van der Waals surface area contributed by atoms with Crippen molar-refractivity contribution < 1.29 is 14.3 Å². The molecule has 0 amide bonds. The molecule has 32 heavy (non-hydrogen) atoms. The van der Waals surface area contributed by atoms with Gasteiger partial charge in [0, 0.05) is 19.0 Å². The number of methoxy groups -OCH3 is 1. The summed E-state index contributed by atoms with van der Waals surface area (Å²) in [7, 11) is 1.77. The Morgan fingerprint density at radius 2 is 1.03 bits per heavy atom. The first kappa shape index (κ1) is 34.1. The highest BCUT2D eigenvalue weighted by Crippen LogP contribution is 2.16. The predicted molar refractivity (Wildman–Crippen MR) is 145 cm³/mol. The zero-order chi connectivity index (χ0) is 24.0. The summed E-state index contributed by atoms with van der Waals surface area (Å²) in [5.74, 6) is 0. The van der Waals surface area contributed by atoms with Gasteiger partial charge in [-0.3, -0.25) is 4.79 Å². The molecule has 0 spiro atoms. The first-order valence-electron chi connectivity index (χ1n) is 13.9. The molecule has 0 aromatic heterocycles. The van der Waals surface area contributed by atoms with E-state index in [-0.39, 0.29) is 6.10 Å². The lowest BCUT2D eigenvalue weighted by atomic mass is 10.0. The molecule has 3 nitrogen and oxygen atoms in total. The summed E-state index contributed by atoms with van der Waals surface area (Å²) in [6, 6.07) is 0. The first-order valence-corrected chi connectivity index (χ1v) is 15.0. The number of halogens is 1. The highest BCUT2D eigenvalue weighted by molar-refractivity contribution is 9.09. The van der Waals surface area contributed by atoms with E-state index in [2.05, 4.69) is 29.8 Å². The number of carbonyl (C=O) groups excluding carboxylic acids is 1. The van der Waals surface area contributed by atoms with Crippen LogP contribution in [-0.2, 0) is 14.3 Å². The van der Waals surface area contributed by atoms with E-state index >= 15 is 0 Å². The van der Waals surface area contributed by atoms with Gasteiger partial charge in [-0.2, -0.15) is 0 Å². The van der Waals surface area contributed by atoms with Crippen LogP contribution in [0.1, 0.15) is 149 Å². The first-order chi connectivity index (χ1) is 15.8. The van der Waals surface area contributed by atoms with Crippen LogP contribution >= 0.6 is 15.9 Å². The summed E-state index contributed by atoms with van der Waals surface area (Å²) in [5.41, 5.74) is 0. The lowest BCUT2D eigenvalue weighted by molar-refractivity contribution is -0.134. The molecule has 0 saturated carbocycles. The summed E-state index contributed by atoms with van der Waals surface area (Å²) >= 11 is 3.42. The van der Waals surface area contributed by atoms with Gasteiger partial charge in [-0.15, -0.1) is 0 Å². The van der Waals surface area contributed by atoms with Crippen LogP contribution in [0.25, 0.3) is 0 Å². The minimum Gasteiger partial charge on any atom is -0.465 e. The van der Waals surface area contributed by atoms with Crippen LogP contribution in [-0.4, -0.2) is 31.6 Å². The smallest absolute Gasteiger partial charge is 0.293 e. The Labute approximate surface area is 210 Å². The van der Waals surface area contributed by atoms with E-state index in [9.17, 15) is 4.79 Å². The molecule has 0 saturated heterocycles. The molecule has 0 aliphatic heterocycles. The summed E-state index contributed by atoms with van der Waals surface area (Å²) in [4.78, 5) is 10.5. The topological polar surface area (TPSA) is 35.5 Å². The minimum absolute atomic E-state index is 0.170. The van der Waals surface area contributed by atoms with Crippen molar-refractivity contribution in [2.45, 2.75) is 155 Å². The average molecular weight is 522 g/mol. The van der Waals surface area contributed by atoms with Crippen molar-refractivity contribution in [1.29, 1.82) is 0 Å². The van der Waals surface area contributed by atoms with Gasteiger partial charge in [0.1, 0.15) is 6.10 Å². The summed E-state index contributed by atoms with van der Waals surface area (Å²) < 4.78 is 10.2. The SMILES string of the molecule is CCCCCCCCCCCC(CCCCCC)OC=O.COCCCCCCCCBr. The second kappa shape index (κ2) is 33.1. The van der Waals surface area contributed by atoms with Gasteiger partial charge in [0.2, 0.25) is 0 Å². The van der Waals surface area contributed by atoms with E-state index < -0.39 is 0 Å². The maximum Gasteiger partial charge on any atom is 0.293 e. The molecular formula is C28H57BrO3. The van der Waals surface area contributed by atoms with Crippen molar-refractivity contribution in [1.82, 2.24) is 0 Å². The molecule has 0 aliphatic carbocycles. The molecule has 0 rings (SSSR count). The number of unbranched alkanes of at least 4 members (excludes halogenated alkanes) is 16. The van der Waals surface area contributed by atoms with E-state index in [1.807, 2.05) is 0 Å². The van der Waals surface area contributed by atoms with Gasteiger partial charge in [0.15, 0.2) is 0 Å². The van der Waals surface area contributed by atoms with Gasteiger partial charge in [0.05, 0.1) is 0 Å². The third kappa shape index (κ3) is 32.1. The fourth-order valence-corrected chi connectivity index (χ4v) is 4.28. The Bertz CT molecular complexity index is 318. The molecule has 194 valence electrons. The van der Waals surface area contributed by atoms with Gasteiger partial charge >= 0.3 is 0 Å². The number of rotatable bonds is 25. The van der Waals surface area contributed by atoms with Gasteiger partial charge in [-0.05, 0) is 38.5 Å². The third-order valence-corrected chi connectivity index (χ3v) is 6.55. The molecule has 0 heterocycles. The fourth-order valence-electron chi connectivity index (χ4n) is 3.89. The standard InChI is InChI=1S/C19H38O2.C9H19BrO/c1-3-5-7-9-10-11-12-13-15-17-19(21-18-20)16-14-8-6-4-2;1-11-9-7-5-3-2-4-6-8-10/h18-19H,3-17H2,1-2H3;2-9H2,1H3. The maximum absolute atomic E-state index is 10.5. The van der Waals surface area contributed by atoms with Gasteiger partial charge < -0.3 is 9.47 Å². The molecule has 0 N–H and O–H groups in total. The van der Waals surface area contributed by atoms with Crippen LogP contribution in [0.2, 0.25) is 0 Å². The highest BCUT2D eigenvalue weighted by atomic mass is 79.9. The molecule has 1 atom stereocenters. The zero-order valence-corrected chi connectivity index (χ0v) is 23.6. The minimum atomic E-state index is 0.170. The van der Waals surface area contributed by atoms with Crippen molar-refractivity contribution in [3.8, 4) is 0 Å². The lowest BCUT2D eigenvalue weighted by Crippen LogP contribution is -2.12. The van der Waals surface area contributed by atoms with Gasteiger partial charge in [0.25, 0.3) is 6.47 Å². The number of alkyl halides is 1. The Kier molecular flexibility index (Phi) is 35.2. The Balaban J connectivity index is 0. The largest absolute Gasteiger partial charge is 0.465 e. The lowest BCUT2D eigenvalue weighted by Gasteiger charge is -2.14. The number of hydrogen-bond acceptors (Lipinski definition) is 3. The van der Waals surface area contributed by atoms with Crippen LogP contribution in [0, 0.1) is 0 Å². The van der Waals surface area contributed by atoms with Crippen molar-refractivity contribution >= 4 is 22.4 Å². The molecule has 0 radical (unpaired) electrons. The van der Waals surface area contributed by atoms with Crippen molar-refractivity contribution in [3.05, 3.63) is 0 Å². The quantitative estimate of drug-likeness (QED) is 0.0681. The second-order valence-electron chi connectivity index (χ2n) is 9.12. The van der Waals surface area contributed by atoms with E-state index in [1.54, 1.807) is 7.11 Å². The van der Waals surface area contributed by atoms with Crippen molar-refractivity contribution in [2.24, 2.45) is 0 Å². The average Bonchev–Trinajstić information content (AvgIpc) is 2.80. The third-order valence-electron chi connectivity index (χ3n) is 5.99. The maximum atomic E-state index is 10.5. The molecule has 0 aliphatic rings. The van der Waals surface area contributed by atoms with Crippen LogP contribution in [0.15, 0.2) is 0 Å². The predicted octanol–water partition coefficient (Wildman–Crippen LogP) is 9.79. The second-order valence-corrected chi connectivity index (χ2v) is 9.92. The van der Waals surface area contributed by atoms with Gasteiger partial charge in [-0.1, -0.05) is 126 Å². The van der Waals surface area contributed by atoms with Crippen LogP contribution in [0.4, 0.5) is 0 Å². The molecule has 0 fully saturated rings.